The highest BCUT2D eigenvalue weighted by Crippen LogP contribution is 2.22. The van der Waals surface area contributed by atoms with Crippen LogP contribution in [0.3, 0.4) is 0 Å². The number of primary amides is 1. The zero-order valence-corrected chi connectivity index (χ0v) is 10.8. The topological polar surface area (TPSA) is 98.2 Å². The molecule has 1 aromatic rings. The fourth-order valence-corrected chi connectivity index (χ4v) is 2.49. The molecule has 1 heterocycles. The van der Waals surface area contributed by atoms with Crippen molar-refractivity contribution in [1.82, 2.24) is 5.32 Å². The number of halogens is 1. The minimum Gasteiger partial charge on any atom is -0.370 e. The SMILES string of the molecule is NC(=O)CC(N)C(=O)NCc1sccc1Br. The lowest BCUT2D eigenvalue weighted by atomic mass is 10.2. The van der Waals surface area contributed by atoms with Gasteiger partial charge in [0.2, 0.25) is 11.8 Å². The first kappa shape index (κ1) is 13.1. The highest BCUT2D eigenvalue weighted by Gasteiger charge is 2.15. The number of amides is 2. The second-order valence-electron chi connectivity index (χ2n) is 3.19. The second-order valence-corrected chi connectivity index (χ2v) is 5.04. The van der Waals surface area contributed by atoms with Crippen LogP contribution in [-0.2, 0) is 16.1 Å². The zero-order valence-electron chi connectivity index (χ0n) is 8.40. The summed E-state index contributed by atoms with van der Waals surface area (Å²) in [5.74, 6) is -0.959. The lowest BCUT2D eigenvalue weighted by Gasteiger charge is -2.09. The van der Waals surface area contributed by atoms with Crippen molar-refractivity contribution in [1.29, 1.82) is 0 Å². The molecule has 5 N–H and O–H groups in total. The van der Waals surface area contributed by atoms with E-state index in [2.05, 4.69) is 21.2 Å². The Kier molecular flexibility index (Phi) is 4.91. The van der Waals surface area contributed by atoms with E-state index in [1.165, 1.54) is 11.3 Å². The molecular weight excluding hydrogens is 294 g/mol. The standard InChI is InChI=1S/C9H12BrN3O2S/c10-5-1-2-16-7(5)4-13-9(15)6(11)3-8(12)14/h1-2,6H,3-4,11H2,(H2,12,14)(H,13,15). The van der Waals surface area contributed by atoms with Gasteiger partial charge in [0.05, 0.1) is 19.0 Å². The summed E-state index contributed by atoms with van der Waals surface area (Å²) in [6.45, 7) is 0.392. The predicted molar refractivity (Wildman–Crippen MR) is 65.7 cm³/mol. The average molecular weight is 306 g/mol. The van der Waals surface area contributed by atoms with Gasteiger partial charge in [0, 0.05) is 9.35 Å². The molecule has 1 rings (SSSR count). The fourth-order valence-electron chi connectivity index (χ4n) is 1.06. The van der Waals surface area contributed by atoms with Gasteiger partial charge in [-0.1, -0.05) is 0 Å². The number of carbonyl (C=O) groups is 2. The summed E-state index contributed by atoms with van der Waals surface area (Å²) in [5.41, 5.74) is 10.4. The van der Waals surface area contributed by atoms with E-state index in [1.807, 2.05) is 11.4 Å². The molecule has 5 nitrogen and oxygen atoms in total. The maximum Gasteiger partial charge on any atom is 0.237 e. The van der Waals surface area contributed by atoms with Gasteiger partial charge < -0.3 is 16.8 Å². The van der Waals surface area contributed by atoms with Crippen LogP contribution in [0.2, 0.25) is 0 Å². The molecule has 0 bridgehead atoms. The zero-order chi connectivity index (χ0) is 12.1. The Bertz CT molecular complexity index is 394. The molecule has 0 saturated heterocycles. The van der Waals surface area contributed by atoms with Gasteiger partial charge in [0.1, 0.15) is 0 Å². The van der Waals surface area contributed by atoms with E-state index in [1.54, 1.807) is 0 Å². The van der Waals surface area contributed by atoms with Crippen molar-refractivity contribution in [2.45, 2.75) is 19.0 Å². The molecule has 0 aliphatic rings. The molecule has 2 amide bonds. The third-order valence-corrected chi connectivity index (χ3v) is 3.80. The van der Waals surface area contributed by atoms with Crippen LogP contribution in [0.25, 0.3) is 0 Å². The Morgan fingerprint density at radius 3 is 2.75 bits per heavy atom. The van der Waals surface area contributed by atoms with E-state index in [0.29, 0.717) is 6.54 Å². The summed E-state index contributed by atoms with van der Waals surface area (Å²) >= 11 is 4.87. The van der Waals surface area contributed by atoms with E-state index in [4.69, 9.17) is 11.5 Å². The Balaban J connectivity index is 2.41. The normalized spacial score (nSPS) is 12.1. The number of nitrogens with two attached hydrogens (primary N) is 2. The van der Waals surface area contributed by atoms with Crippen LogP contribution in [-0.4, -0.2) is 17.9 Å². The first-order valence-electron chi connectivity index (χ1n) is 4.54. The van der Waals surface area contributed by atoms with Gasteiger partial charge >= 0.3 is 0 Å². The summed E-state index contributed by atoms with van der Waals surface area (Å²) < 4.78 is 0.946. The van der Waals surface area contributed by atoms with Crippen molar-refractivity contribution < 1.29 is 9.59 Å². The Hall–Kier alpha value is -0.920. The number of hydrogen-bond acceptors (Lipinski definition) is 4. The van der Waals surface area contributed by atoms with E-state index >= 15 is 0 Å². The average Bonchev–Trinajstić information content (AvgIpc) is 2.59. The van der Waals surface area contributed by atoms with Gasteiger partial charge in [-0.2, -0.15) is 0 Å². The number of thiophene rings is 1. The lowest BCUT2D eigenvalue weighted by Crippen LogP contribution is -2.42. The number of nitrogens with one attached hydrogen (secondary N) is 1. The van der Waals surface area contributed by atoms with Gasteiger partial charge in [0.25, 0.3) is 0 Å². The molecule has 0 aliphatic carbocycles. The molecule has 1 aromatic heterocycles. The maximum atomic E-state index is 11.4. The van der Waals surface area contributed by atoms with Crippen molar-refractivity contribution >= 4 is 39.1 Å². The van der Waals surface area contributed by atoms with Crippen molar-refractivity contribution in [2.75, 3.05) is 0 Å². The number of rotatable bonds is 5. The smallest absolute Gasteiger partial charge is 0.237 e. The van der Waals surface area contributed by atoms with Crippen LogP contribution in [0, 0.1) is 0 Å². The van der Waals surface area contributed by atoms with E-state index in [-0.39, 0.29) is 12.3 Å². The minimum atomic E-state index is -0.878. The molecule has 0 spiro atoms. The third-order valence-electron chi connectivity index (χ3n) is 1.87. The summed E-state index contributed by atoms with van der Waals surface area (Å²) in [6, 6.07) is 1.02. The van der Waals surface area contributed by atoms with Crippen LogP contribution in [0.15, 0.2) is 15.9 Å². The molecule has 0 fully saturated rings. The van der Waals surface area contributed by atoms with Crippen molar-refractivity contribution in [3.05, 3.63) is 20.8 Å². The lowest BCUT2D eigenvalue weighted by molar-refractivity contribution is -0.126. The minimum absolute atomic E-state index is 0.141. The summed E-state index contributed by atoms with van der Waals surface area (Å²) in [7, 11) is 0. The summed E-state index contributed by atoms with van der Waals surface area (Å²) in [4.78, 5) is 23.0. The Morgan fingerprint density at radius 1 is 1.56 bits per heavy atom. The predicted octanol–water partition coefficient (Wildman–Crippen LogP) is 0.329. The summed E-state index contributed by atoms with van der Waals surface area (Å²) in [6.07, 6.45) is -0.141. The van der Waals surface area contributed by atoms with Crippen molar-refractivity contribution in [3.8, 4) is 0 Å². The summed E-state index contributed by atoms with van der Waals surface area (Å²) in [5, 5.41) is 4.55. The second kappa shape index (κ2) is 5.97. The third kappa shape index (κ3) is 3.92. The molecule has 88 valence electrons. The number of carbonyl (C=O) groups excluding carboxylic acids is 2. The van der Waals surface area contributed by atoms with Gasteiger partial charge in [-0.05, 0) is 27.4 Å². The van der Waals surface area contributed by atoms with Crippen LogP contribution in [0.4, 0.5) is 0 Å². The first-order chi connectivity index (χ1) is 7.50. The van der Waals surface area contributed by atoms with Crippen LogP contribution in [0.1, 0.15) is 11.3 Å². The van der Waals surface area contributed by atoms with Crippen LogP contribution in [0.5, 0.6) is 0 Å². The fraction of sp³-hybridized carbons (Fsp3) is 0.333. The molecule has 0 aromatic carbocycles. The van der Waals surface area contributed by atoms with Gasteiger partial charge in [0.15, 0.2) is 0 Å². The molecular formula is C9H12BrN3O2S. The monoisotopic (exact) mass is 305 g/mol. The largest absolute Gasteiger partial charge is 0.370 e. The van der Waals surface area contributed by atoms with Gasteiger partial charge in [-0.15, -0.1) is 11.3 Å². The van der Waals surface area contributed by atoms with Crippen LogP contribution < -0.4 is 16.8 Å². The van der Waals surface area contributed by atoms with E-state index < -0.39 is 11.9 Å². The van der Waals surface area contributed by atoms with Gasteiger partial charge in [-0.3, -0.25) is 9.59 Å². The Labute approximate surface area is 105 Å². The van der Waals surface area contributed by atoms with Crippen molar-refractivity contribution in [2.24, 2.45) is 11.5 Å². The van der Waals surface area contributed by atoms with Gasteiger partial charge in [-0.25, -0.2) is 0 Å². The first-order valence-corrected chi connectivity index (χ1v) is 6.21. The molecule has 16 heavy (non-hydrogen) atoms. The highest BCUT2D eigenvalue weighted by atomic mass is 79.9. The molecule has 0 saturated carbocycles. The van der Waals surface area contributed by atoms with Crippen LogP contribution >= 0.6 is 27.3 Å². The quantitative estimate of drug-likeness (QED) is 0.731. The number of hydrogen-bond donors (Lipinski definition) is 3. The molecule has 0 aliphatic heterocycles. The molecule has 7 heteroatoms. The molecule has 1 unspecified atom stereocenters. The van der Waals surface area contributed by atoms with Crippen molar-refractivity contribution in [3.63, 3.8) is 0 Å². The van der Waals surface area contributed by atoms with E-state index in [0.717, 1.165) is 9.35 Å². The molecule has 1 atom stereocenters. The van der Waals surface area contributed by atoms with E-state index in [9.17, 15) is 9.59 Å². The maximum absolute atomic E-state index is 11.4. The highest BCUT2D eigenvalue weighted by molar-refractivity contribution is 9.10. The Morgan fingerprint density at radius 2 is 2.25 bits per heavy atom. The molecule has 0 radical (unpaired) electrons.